The lowest BCUT2D eigenvalue weighted by atomic mass is 10.3. The molecule has 0 saturated carbocycles. The molecule has 1 N–H and O–H groups in total. The van der Waals surface area contributed by atoms with Gasteiger partial charge >= 0.3 is 0 Å². The maximum absolute atomic E-state index is 13.5. The van der Waals surface area contributed by atoms with Gasteiger partial charge in [-0.05, 0) is 48.2 Å². The van der Waals surface area contributed by atoms with Crippen LogP contribution in [0.25, 0.3) is 15.9 Å². The van der Waals surface area contributed by atoms with Gasteiger partial charge in [-0.2, -0.15) is 4.52 Å². The van der Waals surface area contributed by atoms with Crippen molar-refractivity contribution in [2.75, 3.05) is 32.2 Å². The lowest BCUT2D eigenvalue weighted by Crippen LogP contribution is -2.19. The summed E-state index contributed by atoms with van der Waals surface area (Å²) in [5, 5.41) is 16.6. The van der Waals surface area contributed by atoms with Crippen LogP contribution in [0.15, 0.2) is 64.6 Å². The number of thiazole rings is 1. The van der Waals surface area contributed by atoms with Gasteiger partial charge in [-0.15, -0.1) is 15.3 Å². The van der Waals surface area contributed by atoms with E-state index in [2.05, 4.69) is 25.6 Å². The number of nitrogens with zero attached hydrogens (tertiary/aromatic N) is 5. The van der Waals surface area contributed by atoms with E-state index in [-0.39, 0.29) is 18.4 Å². The first-order valence-electron chi connectivity index (χ1n) is 10.7. The molecule has 0 bridgehead atoms. The average molecular weight is 527 g/mol. The topological polar surface area (TPSA) is 113 Å². The molecule has 0 spiro atoms. The summed E-state index contributed by atoms with van der Waals surface area (Å²) < 4.78 is 31.7. The second-order valence-corrected chi connectivity index (χ2v) is 9.40. The molecule has 0 atom stereocenters. The number of rotatable bonds is 10. The molecule has 13 heteroatoms. The highest BCUT2D eigenvalue weighted by Gasteiger charge is 2.13. The number of benzene rings is 2. The highest BCUT2D eigenvalue weighted by Crippen LogP contribution is 2.33. The Kier molecular flexibility index (Phi) is 7.32. The Balaban J connectivity index is 1.30. The van der Waals surface area contributed by atoms with Crippen LogP contribution in [0.3, 0.4) is 0 Å². The quantitative estimate of drug-likeness (QED) is 0.264. The maximum atomic E-state index is 13.5. The van der Waals surface area contributed by atoms with Crippen LogP contribution in [-0.2, 0) is 14.3 Å². The number of carbonyl (C=O) groups is 1. The lowest BCUT2D eigenvalue weighted by molar-refractivity contribution is -0.121. The summed E-state index contributed by atoms with van der Waals surface area (Å²) in [4.78, 5) is 17.4. The van der Waals surface area contributed by atoms with Crippen molar-refractivity contribution >= 4 is 50.0 Å². The van der Waals surface area contributed by atoms with E-state index < -0.39 is 5.82 Å². The highest BCUT2D eigenvalue weighted by atomic mass is 32.2. The number of aromatic nitrogens is 5. The number of hydrogen-bond acceptors (Lipinski definition) is 10. The fourth-order valence-electron chi connectivity index (χ4n) is 3.11. The first kappa shape index (κ1) is 24.1. The Morgan fingerprint density at radius 3 is 2.92 bits per heavy atom. The third kappa shape index (κ3) is 5.76. The van der Waals surface area contributed by atoms with E-state index in [1.807, 2.05) is 18.2 Å². The average Bonchev–Trinajstić information content (AvgIpc) is 3.45. The molecule has 3 heterocycles. The van der Waals surface area contributed by atoms with Crippen molar-refractivity contribution in [1.29, 1.82) is 0 Å². The molecular weight excluding hydrogens is 507 g/mol. The van der Waals surface area contributed by atoms with Gasteiger partial charge in [0.15, 0.2) is 10.8 Å². The van der Waals surface area contributed by atoms with Crippen LogP contribution in [0.1, 0.15) is 0 Å². The summed E-state index contributed by atoms with van der Waals surface area (Å²) in [6.45, 7) is 0.695. The van der Waals surface area contributed by atoms with Crippen LogP contribution in [0.5, 0.6) is 11.6 Å². The van der Waals surface area contributed by atoms with Crippen molar-refractivity contribution in [3.05, 3.63) is 60.4 Å². The van der Waals surface area contributed by atoms with Crippen LogP contribution in [-0.4, -0.2) is 57.6 Å². The number of halogens is 1. The number of hydrogen-bond donors (Lipinski definition) is 1. The summed E-state index contributed by atoms with van der Waals surface area (Å²) >= 11 is 2.72. The fourth-order valence-corrected chi connectivity index (χ4v) is 4.93. The van der Waals surface area contributed by atoms with Gasteiger partial charge in [0.05, 0.1) is 23.4 Å². The molecule has 0 aliphatic heterocycles. The maximum Gasteiger partial charge on any atom is 0.252 e. The van der Waals surface area contributed by atoms with Gasteiger partial charge in [0.1, 0.15) is 18.2 Å². The molecule has 0 unspecified atom stereocenters. The molecule has 3 aromatic heterocycles. The number of nitrogens with one attached hydrogen (secondary N) is 1. The number of carbonyl (C=O) groups excluding carboxylic acids is 1. The van der Waals surface area contributed by atoms with Crippen LogP contribution in [0.2, 0.25) is 0 Å². The predicted molar refractivity (Wildman–Crippen MR) is 132 cm³/mol. The minimum absolute atomic E-state index is 0.0712. The zero-order chi connectivity index (χ0) is 24.9. The molecule has 0 aliphatic carbocycles. The summed E-state index contributed by atoms with van der Waals surface area (Å²) in [5.41, 5.74) is 1.30. The second-order valence-electron chi connectivity index (χ2n) is 7.33. The molecule has 5 rings (SSSR count). The normalized spacial score (nSPS) is 11.3. The minimum Gasteiger partial charge on any atom is -0.437 e. The predicted octanol–water partition coefficient (Wildman–Crippen LogP) is 4.42. The van der Waals surface area contributed by atoms with Gasteiger partial charge in [-0.25, -0.2) is 9.37 Å². The van der Waals surface area contributed by atoms with E-state index in [1.165, 1.54) is 35.2 Å². The highest BCUT2D eigenvalue weighted by molar-refractivity contribution is 7.99. The van der Waals surface area contributed by atoms with Crippen molar-refractivity contribution < 1.29 is 23.4 Å². The molecule has 184 valence electrons. The van der Waals surface area contributed by atoms with Crippen LogP contribution >= 0.6 is 23.1 Å². The van der Waals surface area contributed by atoms with E-state index in [4.69, 9.17) is 14.2 Å². The standard InChI is InChI=1S/C23H19FN6O4S2/c1-32-9-10-33-13-20(31)26-22-25-17-6-5-16(12-18(17)36-22)35-23-28-27-19-7-8-21(29-30(19)23)34-15-4-2-3-14(24)11-15/h2-8,11-12H,9-10,13H2,1H3,(H,25,26,31). The molecule has 0 radical (unpaired) electrons. The molecule has 36 heavy (non-hydrogen) atoms. The summed E-state index contributed by atoms with van der Waals surface area (Å²) in [6, 6.07) is 14.9. The molecule has 2 aromatic carbocycles. The smallest absolute Gasteiger partial charge is 0.252 e. The lowest BCUT2D eigenvalue weighted by Gasteiger charge is -2.05. The monoisotopic (exact) mass is 526 g/mol. The first-order valence-corrected chi connectivity index (χ1v) is 12.3. The zero-order valence-corrected chi connectivity index (χ0v) is 20.5. The van der Waals surface area contributed by atoms with E-state index >= 15 is 0 Å². The van der Waals surface area contributed by atoms with Gasteiger partial charge in [0.25, 0.3) is 5.91 Å². The number of methoxy groups -OCH3 is 1. The van der Waals surface area contributed by atoms with Gasteiger partial charge in [0, 0.05) is 24.1 Å². The minimum atomic E-state index is -0.397. The van der Waals surface area contributed by atoms with Crippen LogP contribution in [0, 0.1) is 5.82 Å². The third-order valence-electron chi connectivity index (χ3n) is 4.71. The second kappa shape index (κ2) is 11.0. The van der Waals surface area contributed by atoms with Crippen LogP contribution < -0.4 is 10.1 Å². The van der Waals surface area contributed by atoms with E-state index in [1.54, 1.807) is 35.9 Å². The van der Waals surface area contributed by atoms with Crippen molar-refractivity contribution in [2.45, 2.75) is 10.1 Å². The zero-order valence-electron chi connectivity index (χ0n) is 18.9. The summed E-state index contributed by atoms with van der Waals surface area (Å²) in [5.74, 6) is -0.0637. The molecule has 0 aliphatic rings. The van der Waals surface area contributed by atoms with Gasteiger partial charge in [-0.3, -0.25) is 10.1 Å². The fraction of sp³-hybridized carbons (Fsp3) is 0.174. The van der Waals surface area contributed by atoms with E-state index in [0.29, 0.717) is 34.9 Å². The third-order valence-corrected chi connectivity index (χ3v) is 6.57. The molecule has 1 amide bonds. The number of amides is 1. The number of ether oxygens (including phenoxy) is 3. The van der Waals surface area contributed by atoms with E-state index in [0.717, 1.165) is 15.1 Å². The summed E-state index contributed by atoms with van der Waals surface area (Å²) in [7, 11) is 1.57. The Hall–Kier alpha value is -3.65. The Morgan fingerprint density at radius 1 is 1.14 bits per heavy atom. The van der Waals surface area contributed by atoms with Crippen molar-refractivity contribution in [3.63, 3.8) is 0 Å². The SMILES string of the molecule is COCCOCC(=O)Nc1nc2ccc(Sc3nnc4ccc(Oc5cccc(F)c5)nn34)cc2s1. The molecular formula is C23H19FN6O4S2. The molecule has 0 saturated heterocycles. The Bertz CT molecular complexity index is 1530. The molecule has 10 nitrogen and oxygen atoms in total. The Morgan fingerprint density at radius 2 is 2.06 bits per heavy atom. The van der Waals surface area contributed by atoms with Crippen molar-refractivity contribution in [2.24, 2.45) is 0 Å². The first-order chi connectivity index (χ1) is 17.6. The molecule has 5 aromatic rings. The van der Waals surface area contributed by atoms with Gasteiger partial charge in [-0.1, -0.05) is 17.4 Å². The number of fused-ring (bicyclic) bond motifs is 2. The van der Waals surface area contributed by atoms with Crippen molar-refractivity contribution in [3.8, 4) is 11.6 Å². The van der Waals surface area contributed by atoms with Crippen molar-refractivity contribution in [1.82, 2.24) is 24.8 Å². The summed E-state index contributed by atoms with van der Waals surface area (Å²) in [6.07, 6.45) is 0. The van der Waals surface area contributed by atoms with Gasteiger partial charge < -0.3 is 14.2 Å². The van der Waals surface area contributed by atoms with Crippen LogP contribution in [0.4, 0.5) is 9.52 Å². The van der Waals surface area contributed by atoms with E-state index in [9.17, 15) is 9.18 Å². The van der Waals surface area contributed by atoms with Gasteiger partial charge in [0.2, 0.25) is 11.0 Å². The molecule has 0 fully saturated rings. The number of anilines is 1. The largest absolute Gasteiger partial charge is 0.437 e. The Labute approximate surface area is 212 Å².